The summed E-state index contributed by atoms with van der Waals surface area (Å²) < 4.78 is 32.7. The Morgan fingerprint density at radius 3 is 2.58 bits per heavy atom. The van der Waals surface area contributed by atoms with E-state index < -0.39 is 16.1 Å². The summed E-state index contributed by atoms with van der Waals surface area (Å²) in [4.78, 5) is 14.1. The maximum absolute atomic E-state index is 12.6. The van der Waals surface area contributed by atoms with Gasteiger partial charge in [0.1, 0.15) is 10.6 Å². The van der Waals surface area contributed by atoms with E-state index in [0.29, 0.717) is 19.0 Å². The lowest BCUT2D eigenvalue weighted by molar-refractivity contribution is -0.133. The molecule has 8 heteroatoms. The summed E-state index contributed by atoms with van der Waals surface area (Å²) in [6.45, 7) is 5.02. The third-order valence-corrected chi connectivity index (χ3v) is 6.01. The van der Waals surface area contributed by atoms with Gasteiger partial charge in [-0.3, -0.25) is 4.79 Å². The van der Waals surface area contributed by atoms with Crippen LogP contribution in [0, 0.1) is 5.92 Å². The van der Waals surface area contributed by atoms with E-state index in [4.69, 9.17) is 16.3 Å². The van der Waals surface area contributed by atoms with E-state index in [0.717, 1.165) is 12.8 Å². The fourth-order valence-electron chi connectivity index (χ4n) is 2.71. The number of likely N-dealkylation sites (tertiary alicyclic amines) is 1. The lowest BCUT2D eigenvalue weighted by Crippen LogP contribution is -2.49. The molecule has 24 heavy (non-hydrogen) atoms. The molecular weight excluding hydrogens is 352 g/mol. The minimum Gasteiger partial charge on any atom is -0.495 e. The predicted molar refractivity (Wildman–Crippen MR) is 92.8 cm³/mol. The van der Waals surface area contributed by atoms with Gasteiger partial charge in [0.05, 0.1) is 13.2 Å². The number of nitrogens with zero attached hydrogens (tertiary/aromatic N) is 1. The molecule has 0 unspecified atom stereocenters. The molecule has 0 aliphatic carbocycles. The molecule has 1 aliphatic heterocycles. The fourth-order valence-corrected chi connectivity index (χ4v) is 4.34. The summed E-state index contributed by atoms with van der Waals surface area (Å²) in [5.74, 6) is 0.557. The highest BCUT2D eigenvalue weighted by molar-refractivity contribution is 7.89. The largest absolute Gasteiger partial charge is 0.495 e. The van der Waals surface area contributed by atoms with Crippen molar-refractivity contribution in [3.05, 3.63) is 23.2 Å². The third kappa shape index (κ3) is 4.40. The van der Waals surface area contributed by atoms with Crippen LogP contribution in [0.15, 0.2) is 23.1 Å². The number of benzene rings is 1. The Kier molecular flexibility index (Phi) is 6.11. The van der Waals surface area contributed by atoms with Crippen LogP contribution in [0.4, 0.5) is 0 Å². The zero-order valence-corrected chi connectivity index (χ0v) is 15.7. The standard InChI is InChI=1S/C16H23ClN2O4S/c1-11-6-8-19(9-7-11)16(20)12(2)18-24(21,22)15-10-13(17)4-5-14(15)23-3/h4-5,10-12,18H,6-9H2,1-3H3/t12-/m0/s1. The SMILES string of the molecule is COc1ccc(Cl)cc1S(=O)(=O)N[C@@H](C)C(=O)N1CCC(C)CC1. The normalized spacial score (nSPS) is 17.6. The summed E-state index contributed by atoms with van der Waals surface area (Å²) in [6.07, 6.45) is 1.88. The van der Waals surface area contributed by atoms with Gasteiger partial charge in [-0.1, -0.05) is 18.5 Å². The van der Waals surface area contributed by atoms with E-state index in [2.05, 4.69) is 11.6 Å². The molecule has 0 spiro atoms. The first-order valence-corrected chi connectivity index (χ1v) is 9.75. The maximum atomic E-state index is 12.6. The van der Waals surface area contributed by atoms with Crippen LogP contribution >= 0.6 is 11.6 Å². The van der Waals surface area contributed by atoms with Crippen molar-refractivity contribution in [1.29, 1.82) is 0 Å². The van der Waals surface area contributed by atoms with Crippen LogP contribution in [-0.2, 0) is 14.8 Å². The summed E-state index contributed by atoms with van der Waals surface area (Å²) in [5.41, 5.74) is 0. The first kappa shape index (κ1) is 19.0. The molecule has 1 atom stereocenters. The molecule has 1 N–H and O–H groups in total. The number of nitrogens with one attached hydrogen (secondary N) is 1. The number of piperidine rings is 1. The molecule has 0 aromatic heterocycles. The topological polar surface area (TPSA) is 75.7 Å². The molecule has 1 fully saturated rings. The van der Waals surface area contributed by atoms with Crippen molar-refractivity contribution in [1.82, 2.24) is 9.62 Å². The summed E-state index contributed by atoms with van der Waals surface area (Å²) in [5, 5.41) is 0.278. The number of amides is 1. The molecular formula is C16H23ClN2O4S. The van der Waals surface area contributed by atoms with Crippen LogP contribution in [-0.4, -0.2) is 45.5 Å². The van der Waals surface area contributed by atoms with E-state index in [1.54, 1.807) is 17.9 Å². The second-order valence-corrected chi connectivity index (χ2v) is 8.26. The molecule has 1 heterocycles. The first-order valence-electron chi connectivity index (χ1n) is 7.89. The molecule has 1 aromatic carbocycles. The Balaban J connectivity index is 2.14. The fraction of sp³-hybridized carbons (Fsp3) is 0.562. The van der Waals surface area contributed by atoms with Crippen molar-refractivity contribution < 1.29 is 17.9 Å². The van der Waals surface area contributed by atoms with Crippen LogP contribution in [0.3, 0.4) is 0 Å². The number of rotatable bonds is 5. The van der Waals surface area contributed by atoms with E-state index in [-0.39, 0.29) is 21.6 Å². The minimum atomic E-state index is -3.93. The summed E-state index contributed by atoms with van der Waals surface area (Å²) in [7, 11) is -2.55. The van der Waals surface area contributed by atoms with Crippen molar-refractivity contribution in [2.24, 2.45) is 5.92 Å². The number of halogens is 1. The molecule has 6 nitrogen and oxygen atoms in total. The predicted octanol–water partition coefficient (Wildman–Crippen LogP) is 2.27. The Morgan fingerprint density at radius 2 is 2.00 bits per heavy atom. The van der Waals surface area contributed by atoms with Gasteiger partial charge in [0, 0.05) is 18.1 Å². The molecule has 1 aromatic rings. The third-order valence-electron chi connectivity index (χ3n) is 4.21. The van der Waals surface area contributed by atoms with Gasteiger partial charge in [0.2, 0.25) is 15.9 Å². The second kappa shape index (κ2) is 7.72. The molecule has 0 bridgehead atoms. The quantitative estimate of drug-likeness (QED) is 0.857. The number of hydrogen-bond donors (Lipinski definition) is 1. The van der Waals surface area contributed by atoms with Gasteiger partial charge in [-0.15, -0.1) is 0 Å². The van der Waals surface area contributed by atoms with Gasteiger partial charge in [0.25, 0.3) is 0 Å². The van der Waals surface area contributed by atoms with Crippen molar-refractivity contribution in [2.75, 3.05) is 20.2 Å². The Labute approximate surface area is 148 Å². The minimum absolute atomic E-state index is 0.0792. The number of sulfonamides is 1. The van der Waals surface area contributed by atoms with E-state index >= 15 is 0 Å². The number of ether oxygens (including phenoxy) is 1. The van der Waals surface area contributed by atoms with E-state index in [1.165, 1.54) is 19.2 Å². The van der Waals surface area contributed by atoms with Gasteiger partial charge in [-0.25, -0.2) is 8.42 Å². The van der Waals surface area contributed by atoms with Crippen molar-refractivity contribution in [2.45, 2.75) is 37.6 Å². The van der Waals surface area contributed by atoms with Crippen molar-refractivity contribution >= 4 is 27.5 Å². The summed E-state index contributed by atoms with van der Waals surface area (Å²) in [6, 6.07) is 3.48. The summed E-state index contributed by atoms with van der Waals surface area (Å²) >= 11 is 5.89. The van der Waals surface area contributed by atoms with Crippen molar-refractivity contribution in [3.8, 4) is 5.75 Å². The lowest BCUT2D eigenvalue weighted by atomic mass is 9.99. The van der Waals surface area contributed by atoms with Gasteiger partial charge < -0.3 is 9.64 Å². The van der Waals surface area contributed by atoms with Gasteiger partial charge in [-0.05, 0) is 43.9 Å². The van der Waals surface area contributed by atoms with Crippen LogP contribution < -0.4 is 9.46 Å². The van der Waals surface area contributed by atoms with Gasteiger partial charge >= 0.3 is 0 Å². The molecule has 0 saturated carbocycles. The van der Waals surface area contributed by atoms with Crippen LogP contribution in [0.25, 0.3) is 0 Å². The average Bonchev–Trinajstić information content (AvgIpc) is 2.54. The zero-order chi connectivity index (χ0) is 17.9. The lowest BCUT2D eigenvalue weighted by Gasteiger charge is -2.32. The average molecular weight is 375 g/mol. The van der Waals surface area contributed by atoms with Crippen LogP contribution in [0.2, 0.25) is 5.02 Å². The highest BCUT2D eigenvalue weighted by Gasteiger charge is 2.29. The molecule has 1 amide bonds. The van der Waals surface area contributed by atoms with Crippen LogP contribution in [0.5, 0.6) is 5.75 Å². The Morgan fingerprint density at radius 1 is 1.38 bits per heavy atom. The smallest absolute Gasteiger partial charge is 0.245 e. The first-order chi connectivity index (χ1) is 11.2. The highest BCUT2D eigenvalue weighted by atomic mass is 35.5. The van der Waals surface area contributed by atoms with E-state index in [1.807, 2.05) is 0 Å². The van der Waals surface area contributed by atoms with Gasteiger partial charge in [-0.2, -0.15) is 4.72 Å². The molecule has 0 radical (unpaired) electrons. The number of hydrogen-bond acceptors (Lipinski definition) is 4. The highest BCUT2D eigenvalue weighted by Crippen LogP contribution is 2.27. The number of carbonyl (C=O) groups excluding carboxylic acids is 1. The Bertz CT molecular complexity index is 700. The van der Waals surface area contributed by atoms with Crippen molar-refractivity contribution in [3.63, 3.8) is 0 Å². The monoisotopic (exact) mass is 374 g/mol. The van der Waals surface area contributed by atoms with Gasteiger partial charge in [0.15, 0.2) is 0 Å². The number of carbonyl (C=O) groups is 1. The van der Waals surface area contributed by atoms with Crippen LogP contribution in [0.1, 0.15) is 26.7 Å². The molecule has 2 rings (SSSR count). The maximum Gasteiger partial charge on any atom is 0.245 e. The van der Waals surface area contributed by atoms with E-state index in [9.17, 15) is 13.2 Å². The molecule has 1 aliphatic rings. The number of methoxy groups -OCH3 is 1. The molecule has 134 valence electrons. The second-order valence-electron chi connectivity index (χ2n) is 6.15. The Hall–Kier alpha value is -1.31. The molecule has 1 saturated heterocycles. The zero-order valence-electron chi connectivity index (χ0n) is 14.1.